The molecule has 0 atom stereocenters. The van der Waals surface area contributed by atoms with Crippen LogP contribution in [-0.4, -0.2) is 44.8 Å². The SMILES string of the molecule is CCOCCS(=O)(=O)NCC(=O)Nc1ccc(N)nc1. The minimum Gasteiger partial charge on any atom is -0.384 e. The van der Waals surface area contributed by atoms with Gasteiger partial charge in [0.1, 0.15) is 5.82 Å². The molecule has 0 radical (unpaired) electrons. The highest BCUT2D eigenvalue weighted by Gasteiger charge is 2.12. The van der Waals surface area contributed by atoms with Crippen molar-refractivity contribution in [2.45, 2.75) is 6.92 Å². The van der Waals surface area contributed by atoms with Crippen LogP contribution in [0.1, 0.15) is 6.92 Å². The fourth-order valence-electron chi connectivity index (χ4n) is 1.25. The van der Waals surface area contributed by atoms with Crippen LogP contribution in [0.4, 0.5) is 11.5 Å². The van der Waals surface area contributed by atoms with E-state index >= 15 is 0 Å². The number of carbonyl (C=O) groups is 1. The van der Waals surface area contributed by atoms with Crippen molar-refractivity contribution in [1.29, 1.82) is 0 Å². The van der Waals surface area contributed by atoms with Gasteiger partial charge in [0.15, 0.2) is 0 Å². The van der Waals surface area contributed by atoms with Crippen LogP contribution >= 0.6 is 0 Å². The molecule has 0 fully saturated rings. The molecule has 0 saturated heterocycles. The summed E-state index contributed by atoms with van der Waals surface area (Å²) >= 11 is 0. The summed E-state index contributed by atoms with van der Waals surface area (Å²) in [4.78, 5) is 15.3. The summed E-state index contributed by atoms with van der Waals surface area (Å²) < 4.78 is 30.1. The molecular weight excluding hydrogens is 284 g/mol. The number of pyridine rings is 1. The normalized spacial score (nSPS) is 11.2. The molecule has 20 heavy (non-hydrogen) atoms. The molecule has 0 spiro atoms. The maximum Gasteiger partial charge on any atom is 0.239 e. The number of nitrogens with zero attached hydrogens (tertiary/aromatic N) is 1. The van der Waals surface area contributed by atoms with E-state index in [1.807, 2.05) is 0 Å². The van der Waals surface area contributed by atoms with Crippen LogP contribution in [0.2, 0.25) is 0 Å². The Hall–Kier alpha value is -1.71. The smallest absolute Gasteiger partial charge is 0.239 e. The second-order valence-corrected chi connectivity index (χ2v) is 5.78. The Labute approximate surface area is 117 Å². The maximum atomic E-state index is 11.5. The summed E-state index contributed by atoms with van der Waals surface area (Å²) in [6.45, 7) is 1.96. The largest absolute Gasteiger partial charge is 0.384 e. The molecule has 0 bridgehead atoms. The van der Waals surface area contributed by atoms with E-state index < -0.39 is 15.9 Å². The summed E-state index contributed by atoms with van der Waals surface area (Å²) in [5.41, 5.74) is 5.85. The van der Waals surface area contributed by atoms with Crippen LogP contribution in [-0.2, 0) is 19.6 Å². The lowest BCUT2D eigenvalue weighted by molar-refractivity contribution is -0.115. The van der Waals surface area contributed by atoms with Gasteiger partial charge in [0.2, 0.25) is 15.9 Å². The fraction of sp³-hybridized carbons (Fsp3) is 0.455. The van der Waals surface area contributed by atoms with Gasteiger partial charge in [0.25, 0.3) is 0 Å². The third kappa shape index (κ3) is 6.45. The standard InChI is InChI=1S/C11H18N4O4S/c1-2-19-5-6-20(17,18)14-8-11(16)15-9-3-4-10(12)13-7-9/h3-4,7,14H,2,5-6,8H2,1H3,(H2,12,13)(H,15,16). The van der Waals surface area contributed by atoms with Crippen LogP contribution in [0, 0.1) is 0 Å². The highest BCUT2D eigenvalue weighted by Crippen LogP contribution is 2.06. The molecule has 4 N–H and O–H groups in total. The molecular formula is C11H18N4O4S. The van der Waals surface area contributed by atoms with Crippen LogP contribution in [0.15, 0.2) is 18.3 Å². The number of hydrogen-bond donors (Lipinski definition) is 3. The fourth-order valence-corrected chi connectivity index (χ4v) is 2.08. The van der Waals surface area contributed by atoms with Crippen LogP contribution < -0.4 is 15.8 Å². The van der Waals surface area contributed by atoms with Gasteiger partial charge in [-0.1, -0.05) is 0 Å². The summed E-state index contributed by atoms with van der Waals surface area (Å²) in [7, 11) is -3.52. The number of sulfonamides is 1. The average Bonchev–Trinajstić information content (AvgIpc) is 2.40. The first-order valence-corrected chi connectivity index (χ1v) is 7.64. The molecule has 0 aliphatic rings. The van der Waals surface area contributed by atoms with Gasteiger partial charge < -0.3 is 15.8 Å². The molecule has 1 rings (SSSR count). The molecule has 1 amide bonds. The first-order valence-electron chi connectivity index (χ1n) is 5.99. The zero-order chi connectivity index (χ0) is 15.0. The van der Waals surface area contributed by atoms with E-state index in [1.165, 1.54) is 12.3 Å². The van der Waals surface area contributed by atoms with Gasteiger partial charge in [-0.2, -0.15) is 0 Å². The van der Waals surface area contributed by atoms with Crippen molar-refractivity contribution in [1.82, 2.24) is 9.71 Å². The maximum absolute atomic E-state index is 11.5. The molecule has 9 heteroatoms. The third-order valence-corrected chi connectivity index (χ3v) is 3.51. The molecule has 8 nitrogen and oxygen atoms in total. The molecule has 1 aromatic rings. The van der Waals surface area contributed by atoms with E-state index in [0.717, 1.165) is 0 Å². The lowest BCUT2D eigenvalue weighted by atomic mass is 10.4. The van der Waals surface area contributed by atoms with Crippen molar-refractivity contribution in [3.63, 3.8) is 0 Å². The second kappa shape index (κ2) is 7.78. The van der Waals surface area contributed by atoms with E-state index in [4.69, 9.17) is 10.5 Å². The van der Waals surface area contributed by atoms with Gasteiger partial charge >= 0.3 is 0 Å². The van der Waals surface area contributed by atoms with E-state index in [0.29, 0.717) is 18.1 Å². The predicted octanol–water partition coefficient (Wildman–Crippen LogP) is -0.442. The van der Waals surface area contributed by atoms with Gasteiger partial charge in [-0.25, -0.2) is 18.1 Å². The van der Waals surface area contributed by atoms with E-state index in [2.05, 4.69) is 15.0 Å². The van der Waals surface area contributed by atoms with Crippen LogP contribution in [0.25, 0.3) is 0 Å². The van der Waals surface area contributed by atoms with Crippen LogP contribution in [0.3, 0.4) is 0 Å². The molecule has 1 heterocycles. The van der Waals surface area contributed by atoms with Gasteiger partial charge in [-0.15, -0.1) is 0 Å². The molecule has 0 saturated carbocycles. The first-order chi connectivity index (χ1) is 9.43. The first kappa shape index (κ1) is 16.3. The molecule has 0 unspecified atom stereocenters. The predicted molar refractivity (Wildman–Crippen MR) is 75.6 cm³/mol. The number of nitrogens with one attached hydrogen (secondary N) is 2. The minimum atomic E-state index is -3.52. The topological polar surface area (TPSA) is 123 Å². The molecule has 0 aliphatic heterocycles. The molecule has 0 aromatic carbocycles. The Morgan fingerprint density at radius 3 is 2.80 bits per heavy atom. The monoisotopic (exact) mass is 302 g/mol. The summed E-state index contributed by atoms with van der Waals surface area (Å²) in [6, 6.07) is 3.10. The van der Waals surface area contributed by atoms with Crippen molar-refractivity contribution in [3.8, 4) is 0 Å². The number of hydrogen-bond acceptors (Lipinski definition) is 6. The van der Waals surface area contributed by atoms with Gasteiger partial charge in [-0.3, -0.25) is 4.79 Å². The van der Waals surface area contributed by atoms with E-state index in [1.54, 1.807) is 13.0 Å². The van der Waals surface area contributed by atoms with Crippen molar-refractivity contribution < 1.29 is 17.9 Å². The van der Waals surface area contributed by atoms with Crippen molar-refractivity contribution in [2.24, 2.45) is 0 Å². The number of rotatable bonds is 8. The minimum absolute atomic E-state index is 0.0926. The Kier molecular flexibility index (Phi) is 6.36. The molecule has 1 aromatic heterocycles. The number of nitrogen functional groups attached to an aromatic ring is 1. The van der Waals surface area contributed by atoms with Crippen molar-refractivity contribution in [3.05, 3.63) is 18.3 Å². The lowest BCUT2D eigenvalue weighted by Gasteiger charge is -2.07. The Balaban J connectivity index is 2.37. The van der Waals surface area contributed by atoms with Crippen molar-refractivity contribution >= 4 is 27.4 Å². The summed E-state index contributed by atoms with van der Waals surface area (Å²) in [5, 5.41) is 2.49. The second-order valence-electron chi connectivity index (χ2n) is 3.86. The van der Waals surface area contributed by atoms with E-state index in [9.17, 15) is 13.2 Å². The van der Waals surface area contributed by atoms with Crippen molar-refractivity contribution in [2.75, 3.05) is 36.6 Å². The number of anilines is 2. The quantitative estimate of drug-likeness (QED) is 0.559. The Morgan fingerprint density at radius 2 is 2.20 bits per heavy atom. The highest BCUT2D eigenvalue weighted by atomic mass is 32.2. The number of amides is 1. The number of ether oxygens (including phenoxy) is 1. The molecule has 112 valence electrons. The zero-order valence-corrected chi connectivity index (χ0v) is 11.9. The van der Waals surface area contributed by atoms with E-state index in [-0.39, 0.29) is 18.9 Å². The van der Waals surface area contributed by atoms with Crippen LogP contribution in [0.5, 0.6) is 0 Å². The third-order valence-electron chi connectivity index (χ3n) is 2.22. The number of nitrogens with two attached hydrogens (primary N) is 1. The Bertz CT molecular complexity index is 530. The summed E-state index contributed by atoms with van der Waals surface area (Å²) in [5.74, 6) is -0.339. The van der Waals surface area contributed by atoms with Gasteiger partial charge in [-0.05, 0) is 19.1 Å². The average molecular weight is 302 g/mol. The number of carbonyl (C=O) groups excluding carboxylic acids is 1. The zero-order valence-electron chi connectivity index (χ0n) is 11.1. The molecule has 0 aliphatic carbocycles. The van der Waals surface area contributed by atoms with Gasteiger partial charge in [0, 0.05) is 6.61 Å². The number of aromatic nitrogens is 1. The lowest BCUT2D eigenvalue weighted by Crippen LogP contribution is -2.35. The van der Waals surface area contributed by atoms with Gasteiger partial charge in [0.05, 0.1) is 30.8 Å². The Morgan fingerprint density at radius 1 is 1.45 bits per heavy atom. The highest BCUT2D eigenvalue weighted by molar-refractivity contribution is 7.89. The summed E-state index contributed by atoms with van der Waals surface area (Å²) in [6.07, 6.45) is 1.39.